The Balaban J connectivity index is 1.76. The van der Waals surface area contributed by atoms with Gasteiger partial charge < -0.3 is 19.5 Å². The number of carbonyl (C=O) groups is 2. The number of nitrogens with zero attached hydrogens (tertiary/aromatic N) is 1. The molecule has 0 fully saturated rings. The molecule has 0 aliphatic rings. The van der Waals surface area contributed by atoms with Crippen LogP contribution in [0.3, 0.4) is 0 Å². The molecule has 0 bridgehead atoms. The third kappa shape index (κ3) is 5.99. The van der Waals surface area contributed by atoms with Crippen LogP contribution in [0.2, 0.25) is 0 Å². The summed E-state index contributed by atoms with van der Waals surface area (Å²) in [6.07, 6.45) is -5.13. The Bertz CT molecular complexity index is 1200. The summed E-state index contributed by atoms with van der Waals surface area (Å²) in [6.45, 7) is 0. The molecule has 12 heteroatoms. The molecule has 0 unspecified atom stereocenters. The molecule has 0 aliphatic carbocycles. The van der Waals surface area contributed by atoms with Crippen molar-refractivity contribution in [1.29, 1.82) is 0 Å². The van der Waals surface area contributed by atoms with Gasteiger partial charge in [-0.2, -0.15) is 13.2 Å². The third-order valence-electron chi connectivity index (χ3n) is 4.23. The number of imide groups is 1. The second-order valence-corrected chi connectivity index (χ2v) is 6.57. The number of alkyl halides is 3. The van der Waals surface area contributed by atoms with Crippen LogP contribution in [0.1, 0.15) is 6.42 Å². The van der Waals surface area contributed by atoms with Gasteiger partial charge in [-0.25, -0.2) is 9.18 Å². The Hall–Kier alpha value is -4.09. The lowest BCUT2D eigenvalue weighted by atomic mass is 10.2. The van der Waals surface area contributed by atoms with Crippen molar-refractivity contribution in [1.82, 2.24) is 10.3 Å². The molecule has 3 amide bonds. The Labute approximate surface area is 184 Å². The first-order valence-electron chi connectivity index (χ1n) is 9.25. The van der Waals surface area contributed by atoms with Crippen molar-refractivity contribution in [2.24, 2.45) is 0 Å². The molecule has 1 aromatic heterocycles. The van der Waals surface area contributed by atoms with Crippen molar-refractivity contribution >= 4 is 28.5 Å². The van der Waals surface area contributed by atoms with Crippen molar-refractivity contribution in [2.45, 2.75) is 12.6 Å². The van der Waals surface area contributed by atoms with Gasteiger partial charge >= 0.3 is 12.2 Å². The van der Waals surface area contributed by atoms with Crippen LogP contribution in [-0.2, 0) is 4.79 Å². The molecule has 3 rings (SSSR count). The van der Waals surface area contributed by atoms with E-state index in [1.807, 2.05) is 0 Å². The number of rotatable bonds is 6. The molecule has 0 saturated carbocycles. The van der Waals surface area contributed by atoms with Crippen LogP contribution in [-0.4, -0.2) is 37.3 Å². The zero-order valence-corrected chi connectivity index (χ0v) is 17.2. The van der Waals surface area contributed by atoms with Crippen molar-refractivity contribution in [3.63, 3.8) is 0 Å². The van der Waals surface area contributed by atoms with Crippen LogP contribution in [0.25, 0.3) is 10.9 Å². The van der Waals surface area contributed by atoms with E-state index in [-0.39, 0.29) is 17.2 Å². The smallest absolute Gasteiger partial charge is 0.397 e. The lowest BCUT2D eigenvalue weighted by Crippen LogP contribution is -2.36. The third-order valence-corrected chi connectivity index (χ3v) is 4.23. The van der Waals surface area contributed by atoms with Gasteiger partial charge in [0.15, 0.2) is 23.1 Å². The fraction of sp³-hybridized carbons (Fsp3) is 0.190. The maximum Gasteiger partial charge on any atom is 0.397 e. The van der Waals surface area contributed by atoms with Crippen LogP contribution in [0.5, 0.6) is 23.0 Å². The number of pyridine rings is 1. The van der Waals surface area contributed by atoms with E-state index in [1.165, 1.54) is 43.9 Å². The van der Waals surface area contributed by atoms with Crippen LogP contribution >= 0.6 is 0 Å². The molecule has 0 saturated heterocycles. The molecule has 1 heterocycles. The number of aromatic nitrogens is 1. The topological polar surface area (TPSA) is 98.8 Å². The number of benzene rings is 2. The Morgan fingerprint density at radius 1 is 0.970 bits per heavy atom. The average Bonchev–Trinajstić information content (AvgIpc) is 2.73. The van der Waals surface area contributed by atoms with Crippen LogP contribution in [0.15, 0.2) is 42.6 Å². The highest BCUT2D eigenvalue weighted by Gasteiger charge is 2.31. The van der Waals surface area contributed by atoms with Crippen LogP contribution < -0.4 is 24.8 Å². The van der Waals surface area contributed by atoms with E-state index in [4.69, 9.17) is 14.2 Å². The Kier molecular flexibility index (Phi) is 6.85. The number of methoxy groups -OCH3 is 2. The summed E-state index contributed by atoms with van der Waals surface area (Å²) in [5.41, 5.74) is 0.396. The standard InChI is InChI=1S/C21H17F4N3O5/c1-31-17-8-12-14(9-18(17)32-2)26-6-5-15(12)33-16-4-3-11(7-13(16)22)27-20(30)28-19(29)10-21(23,24)25/h3-9H,10H2,1-2H3,(H2,27,28,29,30). The van der Waals surface area contributed by atoms with Gasteiger partial charge in [0.05, 0.1) is 19.7 Å². The van der Waals surface area contributed by atoms with Gasteiger partial charge in [-0.1, -0.05) is 0 Å². The lowest BCUT2D eigenvalue weighted by Gasteiger charge is -2.13. The van der Waals surface area contributed by atoms with Gasteiger partial charge in [-0.3, -0.25) is 15.1 Å². The van der Waals surface area contributed by atoms with E-state index in [9.17, 15) is 27.2 Å². The average molecular weight is 467 g/mol. The summed E-state index contributed by atoms with van der Waals surface area (Å²) in [7, 11) is 2.93. The van der Waals surface area contributed by atoms with Crippen molar-refractivity contribution in [3.05, 3.63) is 48.4 Å². The molecular formula is C21H17F4N3O5. The van der Waals surface area contributed by atoms with Gasteiger partial charge in [-0.05, 0) is 24.3 Å². The monoisotopic (exact) mass is 467 g/mol. The van der Waals surface area contributed by atoms with Gasteiger partial charge in [0.1, 0.15) is 12.2 Å². The van der Waals surface area contributed by atoms with Gasteiger partial charge in [0, 0.05) is 29.4 Å². The molecule has 3 aromatic rings. The van der Waals surface area contributed by atoms with Gasteiger partial charge in [0.2, 0.25) is 5.91 Å². The SMILES string of the molecule is COc1cc2nccc(Oc3ccc(NC(=O)NC(=O)CC(F)(F)F)cc3F)c2cc1OC. The second-order valence-electron chi connectivity index (χ2n) is 6.57. The van der Waals surface area contributed by atoms with Crippen molar-refractivity contribution in [3.8, 4) is 23.0 Å². The summed E-state index contributed by atoms with van der Waals surface area (Å²) in [4.78, 5) is 27.1. The van der Waals surface area contributed by atoms with E-state index in [0.717, 1.165) is 6.07 Å². The summed E-state index contributed by atoms with van der Waals surface area (Å²) in [6, 6.07) is 6.86. The predicted molar refractivity (Wildman–Crippen MR) is 109 cm³/mol. The number of anilines is 1. The van der Waals surface area contributed by atoms with E-state index in [0.29, 0.717) is 22.4 Å². The van der Waals surface area contributed by atoms with E-state index >= 15 is 0 Å². The highest BCUT2D eigenvalue weighted by atomic mass is 19.4. The molecule has 174 valence electrons. The summed E-state index contributed by atoms with van der Waals surface area (Å²) < 4.78 is 67.2. The Morgan fingerprint density at radius 3 is 2.30 bits per heavy atom. The second kappa shape index (κ2) is 9.59. The Morgan fingerprint density at radius 2 is 1.67 bits per heavy atom. The maximum atomic E-state index is 14.6. The summed E-state index contributed by atoms with van der Waals surface area (Å²) in [5.74, 6) is -1.50. The minimum Gasteiger partial charge on any atom is -0.493 e. The van der Waals surface area contributed by atoms with Crippen molar-refractivity contribution < 1.29 is 41.4 Å². The molecule has 8 nitrogen and oxygen atoms in total. The minimum absolute atomic E-state index is 0.108. The number of hydrogen-bond acceptors (Lipinski definition) is 6. The zero-order chi connectivity index (χ0) is 24.2. The summed E-state index contributed by atoms with van der Waals surface area (Å²) in [5, 5.41) is 4.09. The number of amides is 3. The number of fused-ring (bicyclic) bond motifs is 1. The first kappa shape index (κ1) is 23.6. The normalized spacial score (nSPS) is 11.1. The maximum absolute atomic E-state index is 14.6. The fourth-order valence-electron chi connectivity index (χ4n) is 2.83. The molecular weight excluding hydrogens is 450 g/mol. The molecule has 0 atom stereocenters. The predicted octanol–water partition coefficient (Wildman–Crippen LogP) is 4.78. The first-order valence-corrected chi connectivity index (χ1v) is 9.25. The highest BCUT2D eigenvalue weighted by molar-refractivity contribution is 6.01. The molecule has 0 spiro atoms. The molecule has 2 N–H and O–H groups in total. The van der Waals surface area contributed by atoms with Crippen LogP contribution in [0, 0.1) is 5.82 Å². The lowest BCUT2D eigenvalue weighted by molar-refractivity contribution is -0.152. The van der Waals surface area contributed by atoms with E-state index in [2.05, 4.69) is 10.3 Å². The van der Waals surface area contributed by atoms with Gasteiger partial charge in [0.25, 0.3) is 0 Å². The van der Waals surface area contributed by atoms with E-state index < -0.39 is 30.4 Å². The molecule has 0 aliphatic heterocycles. The first-order chi connectivity index (χ1) is 15.6. The number of halogens is 4. The highest BCUT2D eigenvalue weighted by Crippen LogP contribution is 2.37. The summed E-state index contributed by atoms with van der Waals surface area (Å²) >= 11 is 0. The number of hydrogen-bond donors (Lipinski definition) is 2. The zero-order valence-electron chi connectivity index (χ0n) is 17.2. The largest absolute Gasteiger partial charge is 0.493 e. The number of nitrogens with one attached hydrogen (secondary N) is 2. The van der Waals surface area contributed by atoms with E-state index in [1.54, 1.807) is 12.1 Å². The quantitative estimate of drug-likeness (QED) is 0.506. The molecule has 0 radical (unpaired) electrons. The minimum atomic E-state index is -4.76. The molecule has 2 aromatic carbocycles. The van der Waals surface area contributed by atoms with Crippen molar-refractivity contribution in [2.75, 3.05) is 19.5 Å². The fourth-order valence-corrected chi connectivity index (χ4v) is 2.83. The van der Waals surface area contributed by atoms with Crippen LogP contribution in [0.4, 0.5) is 28.0 Å². The number of urea groups is 1. The molecule has 33 heavy (non-hydrogen) atoms. The van der Waals surface area contributed by atoms with Gasteiger partial charge in [-0.15, -0.1) is 0 Å². The number of ether oxygens (including phenoxy) is 3. The number of carbonyl (C=O) groups excluding carboxylic acids is 2.